The molecule has 1 aliphatic rings. The molecular formula is C6H11N3O2. The highest BCUT2D eigenvalue weighted by atomic mass is 16.4. The van der Waals surface area contributed by atoms with Crippen molar-refractivity contribution in [1.29, 1.82) is 0 Å². The molecule has 5 N–H and O–H groups in total. The van der Waals surface area contributed by atoms with E-state index in [-0.39, 0.29) is 11.6 Å². The van der Waals surface area contributed by atoms with E-state index in [1.165, 1.54) is 0 Å². The van der Waals surface area contributed by atoms with Gasteiger partial charge in [0.1, 0.15) is 5.71 Å². The fourth-order valence-electron chi connectivity index (χ4n) is 1.23. The van der Waals surface area contributed by atoms with Gasteiger partial charge in [-0.05, 0) is 6.42 Å². The van der Waals surface area contributed by atoms with Crippen molar-refractivity contribution < 1.29 is 9.90 Å². The smallest absolute Gasteiger partial charge is 0.350 e. The topological polar surface area (TPSA) is 102 Å². The number of rotatable bonds is 2. The third kappa shape index (κ3) is 1.12. The summed E-state index contributed by atoms with van der Waals surface area (Å²) in [5.74, 6) is -2.48. The summed E-state index contributed by atoms with van der Waals surface area (Å²) >= 11 is 0. The van der Waals surface area contributed by atoms with E-state index in [2.05, 4.69) is 4.99 Å². The first-order valence-corrected chi connectivity index (χ1v) is 3.40. The molecule has 0 aromatic heterocycles. The zero-order valence-electron chi connectivity index (χ0n) is 6.24. The SMILES string of the molecule is CCC1C(C(=O)O)=NC1(N)N. The second-order valence-electron chi connectivity index (χ2n) is 2.65. The Morgan fingerprint density at radius 3 is 2.55 bits per heavy atom. The molecule has 0 aromatic rings. The van der Waals surface area contributed by atoms with Crippen molar-refractivity contribution in [3.63, 3.8) is 0 Å². The minimum atomic E-state index is -1.15. The van der Waals surface area contributed by atoms with Gasteiger partial charge in [0.15, 0.2) is 5.79 Å². The maximum atomic E-state index is 10.4. The van der Waals surface area contributed by atoms with Crippen molar-refractivity contribution in [3.05, 3.63) is 0 Å². The molecular weight excluding hydrogens is 146 g/mol. The average Bonchev–Trinajstić information content (AvgIpc) is 1.84. The number of carbonyl (C=O) groups is 1. The molecule has 0 aromatic carbocycles. The average molecular weight is 157 g/mol. The number of hydrogen-bond donors (Lipinski definition) is 3. The molecule has 5 nitrogen and oxygen atoms in total. The van der Waals surface area contributed by atoms with Gasteiger partial charge in [0.05, 0.1) is 5.92 Å². The number of carboxylic acids is 1. The van der Waals surface area contributed by atoms with Crippen LogP contribution in [0.15, 0.2) is 4.99 Å². The van der Waals surface area contributed by atoms with Gasteiger partial charge in [0, 0.05) is 0 Å². The van der Waals surface area contributed by atoms with E-state index in [9.17, 15) is 4.79 Å². The second-order valence-corrected chi connectivity index (χ2v) is 2.65. The van der Waals surface area contributed by atoms with Crippen molar-refractivity contribution in [2.45, 2.75) is 19.1 Å². The van der Waals surface area contributed by atoms with E-state index in [0.717, 1.165) is 0 Å². The molecule has 5 heteroatoms. The molecule has 0 saturated carbocycles. The van der Waals surface area contributed by atoms with Crippen molar-refractivity contribution in [3.8, 4) is 0 Å². The second kappa shape index (κ2) is 2.28. The predicted octanol–water partition coefficient (Wildman–Crippen LogP) is -0.877. The Bertz CT molecular complexity index is 222. The lowest BCUT2D eigenvalue weighted by atomic mass is 9.87. The maximum absolute atomic E-state index is 10.4. The Morgan fingerprint density at radius 1 is 1.82 bits per heavy atom. The van der Waals surface area contributed by atoms with Crippen LogP contribution in [0.5, 0.6) is 0 Å². The van der Waals surface area contributed by atoms with Gasteiger partial charge in [0.25, 0.3) is 0 Å². The van der Waals surface area contributed by atoms with Crippen LogP contribution in [0.3, 0.4) is 0 Å². The summed E-state index contributed by atoms with van der Waals surface area (Å²) in [5.41, 5.74) is 11.0. The zero-order valence-corrected chi connectivity index (χ0v) is 6.24. The Balaban J connectivity index is 2.81. The van der Waals surface area contributed by atoms with Crippen LogP contribution in [-0.4, -0.2) is 22.6 Å². The fraction of sp³-hybridized carbons (Fsp3) is 0.667. The van der Waals surface area contributed by atoms with Gasteiger partial charge in [-0.1, -0.05) is 6.92 Å². The molecule has 0 saturated heterocycles. The number of nitrogens with zero attached hydrogens (tertiary/aromatic N) is 1. The molecule has 0 spiro atoms. The van der Waals surface area contributed by atoms with Crippen molar-refractivity contribution >= 4 is 11.7 Å². The minimum Gasteiger partial charge on any atom is -0.477 e. The molecule has 11 heavy (non-hydrogen) atoms. The largest absolute Gasteiger partial charge is 0.477 e. The lowest BCUT2D eigenvalue weighted by Crippen LogP contribution is -2.65. The van der Waals surface area contributed by atoms with E-state index in [1.54, 1.807) is 0 Å². The van der Waals surface area contributed by atoms with Crippen LogP contribution in [0.25, 0.3) is 0 Å². The van der Waals surface area contributed by atoms with E-state index in [1.807, 2.05) is 6.92 Å². The van der Waals surface area contributed by atoms with Crippen LogP contribution in [0.2, 0.25) is 0 Å². The molecule has 1 rings (SSSR count). The van der Waals surface area contributed by atoms with Crippen molar-refractivity contribution in [2.75, 3.05) is 0 Å². The van der Waals surface area contributed by atoms with Crippen molar-refractivity contribution in [2.24, 2.45) is 22.4 Å². The first kappa shape index (κ1) is 8.16. The molecule has 0 bridgehead atoms. The van der Waals surface area contributed by atoms with Crippen LogP contribution in [0.1, 0.15) is 13.3 Å². The monoisotopic (exact) mass is 157 g/mol. The Kier molecular flexibility index (Phi) is 1.69. The van der Waals surface area contributed by atoms with E-state index in [0.29, 0.717) is 6.42 Å². The summed E-state index contributed by atoms with van der Waals surface area (Å²) in [5, 5.41) is 8.53. The third-order valence-corrected chi connectivity index (χ3v) is 1.83. The summed E-state index contributed by atoms with van der Waals surface area (Å²) < 4.78 is 0. The number of aliphatic carboxylic acids is 1. The van der Waals surface area contributed by atoms with E-state index < -0.39 is 11.8 Å². The standard InChI is InChI=1S/C6H11N3O2/c1-2-3-4(5(10)11)9-6(3,7)8/h3H,2,7-8H2,1H3,(H,10,11). The van der Waals surface area contributed by atoms with Crippen LogP contribution in [0, 0.1) is 5.92 Å². The van der Waals surface area contributed by atoms with Gasteiger partial charge in [-0.3, -0.25) is 11.5 Å². The molecule has 0 amide bonds. The van der Waals surface area contributed by atoms with Gasteiger partial charge in [-0.2, -0.15) is 0 Å². The summed E-state index contributed by atoms with van der Waals surface area (Å²) in [6, 6.07) is 0. The molecule has 0 aliphatic carbocycles. The Hall–Kier alpha value is -0.940. The van der Waals surface area contributed by atoms with E-state index >= 15 is 0 Å². The highest BCUT2D eigenvalue weighted by Crippen LogP contribution is 2.26. The first-order chi connectivity index (χ1) is 4.99. The van der Waals surface area contributed by atoms with Gasteiger partial charge in [-0.25, -0.2) is 9.79 Å². The highest BCUT2D eigenvalue weighted by molar-refractivity contribution is 6.38. The summed E-state index contributed by atoms with van der Waals surface area (Å²) in [7, 11) is 0. The predicted molar refractivity (Wildman–Crippen MR) is 40.0 cm³/mol. The molecule has 1 atom stereocenters. The Labute approximate surface area is 64.1 Å². The van der Waals surface area contributed by atoms with Crippen LogP contribution in [0.4, 0.5) is 0 Å². The first-order valence-electron chi connectivity index (χ1n) is 3.40. The molecule has 1 aliphatic heterocycles. The third-order valence-electron chi connectivity index (χ3n) is 1.83. The normalized spacial score (nSPS) is 27.2. The Morgan fingerprint density at radius 2 is 2.36 bits per heavy atom. The van der Waals surface area contributed by atoms with Crippen LogP contribution >= 0.6 is 0 Å². The quantitative estimate of drug-likeness (QED) is 0.453. The lowest BCUT2D eigenvalue weighted by molar-refractivity contribution is -0.130. The van der Waals surface area contributed by atoms with Gasteiger partial charge in [-0.15, -0.1) is 0 Å². The van der Waals surface area contributed by atoms with Crippen LogP contribution < -0.4 is 11.5 Å². The number of carboxylic acid groups (broad SMARTS) is 1. The van der Waals surface area contributed by atoms with Gasteiger partial charge in [0.2, 0.25) is 0 Å². The number of aliphatic imine (C=N–C) groups is 1. The maximum Gasteiger partial charge on any atom is 0.350 e. The van der Waals surface area contributed by atoms with Gasteiger partial charge >= 0.3 is 5.97 Å². The lowest BCUT2D eigenvalue weighted by Gasteiger charge is -2.37. The molecule has 0 fully saturated rings. The molecule has 0 radical (unpaired) electrons. The summed E-state index contributed by atoms with van der Waals surface area (Å²) in [4.78, 5) is 14.0. The number of hydrogen-bond acceptors (Lipinski definition) is 4. The van der Waals surface area contributed by atoms with Gasteiger partial charge < -0.3 is 5.11 Å². The fourth-order valence-corrected chi connectivity index (χ4v) is 1.23. The van der Waals surface area contributed by atoms with Crippen molar-refractivity contribution in [1.82, 2.24) is 0 Å². The molecule has 1 unspecified atom stereocenters. The highest BCUT2D eigenvalue weighted by Gasteiger charge is 2.45. The summed E-state index contributed by atoms with van der Waals surface area (Å²) in [6.45, 7) is 1.83. The summed E-state index contributed by atoms with van der Waals surface area (Å²) in [6.07, 6.45) is 0.609. The number of nitrogens with two attached hydrogens (primary N) is 2. The minimum absolute atomic E-state index is 0.0949. The van der Waals surface area contributed by atoms with E-state index in [4.69, 9.17) is 16.6 Å². The zero-order chi connectivity index (χ0) is 8.65. The van der Waals surface area contributed by atoms with Crippen LogP contribution in [-0.2, 0) is 4.79 Å². The molecule has 1 heterocycles. The molecule has 62 valence electrons.